The number of nitro groups is 1. The van der Waals surface area contributed by atoms with Crippen molar-refractivity contribution >= 4 is 11.5 Å². The number of ketones is 1. The van der Waals surface area contributed by atoms with E-state index in [9.17, 15) is 20.0 Å². The van der Waals surface area contributed by atoms with E-state index in [0.29, 0.717) is 5.75 Å². The summed E-state index contributed by atoms with van der Waals surface area (Å²) >= 11 is 0. The van der Waals surface area contributed by atoms with Crippen molar-refractivity contribution in [1.29, 1.82) is 0 Å². The molecule has 0 bridgehead atoms. The van der Waals surface area contributed by atoms with Crippen LogP contribution in [-0.2, 0) is 4.79 Å². The number of carbonyl (C=O) groups excluding carboxylic acids is 1. The van der Waals surface area contributed by atoms with E-state index in [1.165, 1.54) is 32.2 Å². The number of aliphatic hydroxyl groups excluding tert-OH is 1. The average molecular weight is 239 g/mol. The molecule has 6 heteroatoms. The normalized spacial score (nSPS) is 11.9. The molecule has 0 saturated heterocycles. The third-order valence-corrected chi connectivity index (χ3v) is 2.27. The van der Waals surface area contributed by atoms with Gasteiger partial charge >= 0.3 is 0 Å². The minimum absolute atomic E-state index is 0.0875. The molecule has 6 nitrogen and oxygen atoms in total. The van der Waals surface area contributed by atoms with Gasteiger partial charge in [-0.3, -0.25) is 14.9 Å². The summed E-state index contributed by atoms with van der Waals surface area (Å²) in [5.74, 6) is 0.155. The number of carbonyl (C=O) groups is 1. The molecule has 1 N–H and O–H groups in total. The summed E-state index contributed by atoms with van der Waals surface area (Å²) in [6.07, 6.45) is -1.35. The molecule has 1 aromatic carbocycles. The van der Waals surface area contributed by atoms with Crippen LogP contribution in [0.2, 0.25) is 0 Å². The molecule has 92 valence electrons. The topological polar surface area (TPSA) is 89.7 Å². The van der Waals surface area contributed by atoms with Crippen LogP contribution in [0, 0.1) is 10.1 Å². The number of nitrogens with zero attached hydrogens (tertiary/aromatic N) is 1. The smallest absolute Gasteiger partial charge is 0.275 e. The van der Waals surface area contributed by atoms with Crippen molar-refractivity contribution in [3.05, 3.63) is 33.9 Å². The van der Waals surface area contributed by atoms with E-state index >= 15 is 0 Å². The van der Waals surface area contributed by atoms with Crippen LogP contribution >= 0.6 is 0 Å². The van der Waals surface area contributed by atoms with Gasteiger partial charge < -0.3 is 9.84 Å². The second-order valence-corrected chi connectivity index (χ2v) is 3.60. The summed E-state index contributed by atoms with van der Waals surface area (Å²) in [4.78, 5) is 21.1. The van der Waals surface area contributed by atoms with Crippen molar-refractivity contribution in [3.63, 3.8) is 0 Å². The zero-order valence-electron chi connectivity index (χ0n) is 9.54. The Bertz CT molecular complexity index is 443. The van der Waals surface area contributed by atoms with Crippen molar-refractivity contribution in [2.24, 2.45) is 0 Å². The Morgan fingerprint density at radius 2 is 2.24 bits per heavy atom. The zero-order valence-corrected chi connectivity index (χ0v) is 9.54. The molecule has 1 aromatic rings. The van der Waals surface area contributed by atoms with Gasteiger partial charge in [-0.2, -0.15) is 0 Å². The Morgan fingerprint density at radius 3 is 2.71 bits per heavy atom. The maximum absolute atomic E-state index is 10.9. The molecule has 0 aliphatic rings. The molecule has 0 aliphatic heterocycles. The van der Waals surface area contributed by atoms with Crippen LogP contribution in [0.5, 0.6) is 5.75 Å². The number of hydrogen-bond donors (Lipinski definition) is 1. The first-order valence-electron chi connectivity index (χ1n) is 4.95. The molecular weight excluding hydrogens is 226 g/mol. The summed E-state index contributed by atoms with van der Waals surface area (Å²) < 4.78 is 4.93. The molecule has 0 amide bonds. The van der Waals surface area contributed by atoms with Gasteiger partial charge in [-0.15, -0.1) is 0 Å². The molecule has 1 unspecified atom stereocenters. The molecule has 1 atom stereocenters. The van der Waals surface area contributed by atoms with Crippen molar-refractivity contribution in [2.75, 3.05) is 7.11 Å². The molecular formula is C11H13NO5. The van der Waals surface area contributed by atoms with Gasteiger partial charge in [0.1, 0.15) is 11.5 Å². The van der Waals surface area contributed by atoms with Crippen LogP contribution in [0.1, 0.15) is 25.0 Å². The minimum Gasteiger partial charge on any atom is -0.497 e. The SMILES string of the molecule is COc1ccc([N+](=O)[O-])c(C(O)CC(C)=O)c1. The quantitative estimate of drug-likeness (QED) is 0.622. The summed E-state index contributed by atoms with van der Waals surface area (Å²) in [7, 11) is 1.42. The third-order valence-electron chi connectivity index (χ3n) is 2.27. The highest BCUT2D eigenvalue weighted by molar-refractivity contribution is 5.76. The maximum Gasteiger partial charge on any atom is 0.275 e. The second-order valence-electron chi connectivity index (χ2n) is 3.60. The number of Topliss-reactive ketones (excluding diaryl/α,β-unsaturated/α-hetero) is 1. The number of ether oxygens (including phenoxy) is 1. The summed E-state index contributed by atoms with van der Waals surface area (Å²) in [5, 5.41) is 20.5. The monoisotopic (exact) mass is 239 g/mol. The Kier molecular flexibility index (Phi) is 4.17. The Morgan fingerprint density at radius 1 is 1.59 bits per heavy atom. The third kappa shape index (κ3) is 3.25. The highest BCUT2D eigenvalue weighted by atomic mass is 16.6. The molecule has 17 heavy (non-hydrogen) atoms. The number of aliphatic hydroxyl groups is 1. The van der Waals surface area contributed by atoms with Crippen molar-refractivity contribution in [3.8, 4) is 5.75 Å². The summed E-state index contributed by atoms with van der Waals surface area (Å²) in [6, 6.07) is 4.05. The fourth-order valence-corrected chi connectivity index (χ4v) is 1.47. The van der Waals surface area contributed by atoms with Gasteiger partial charge in [0.25, 0.3) is 5.69 Å². The van der Waals surface area contributed by atoms with E-state index in [0.717, 1.165) is 0 Å². The Hall–Kier alpha value is -1.95. The van der Waals surface area contributed by atoms with Gasteiger partial charge in [-0.25, -0.2) is 0 Å². The van der Waals surface area contributed by atoms with Gasteiger partial charge in [0.2, 0.25) is 0 Å². The molecule has 0 aliphatic carbocycles. The Labute approximate surface area is 98.0 Å². The van der Waals surface area contributed by atoms with E-state index in [-0.39, 0.29) is 23.5 Å². The first-order chi connectivity index (χ1) is 7.95. The fraction of sp³-hybridized carbons (Fsp3) is 0.364. The average Bonchev–Trinajstić information content (AvgIpc) is 2.27. The maximum atomic E-state index is 10.9. The highest BCUT2D eigenvalue weighted by Gasteiger charge is 2.22. The minimum atomic E-state index is -1.19. The van der Waals surface area contributed by atoms with E-state index < -0.39 is 11.0 Å². The van der Waals surface area contributed by atoms with Crippen molar-refractivity contribution in [2.45, 2.75) is 19.4 Å². The lowest BCUT2D eigenvalue weighted by Gasteiger charge is -2.10. The van der Waals surface area contributed by atoms with Crippen LogP contribution in [0.3, 0.4) is 0 Å². The van der Waals surface area contributed by atoms with Crippen LogP contribution in [0.25, 0.3) is 0 Å². The first-order valence-corrected chi connectivity index (χ1v) is 4.95. The standard InChI is InChI=1S/C11H13NO5/c1-7(13)5-11(14)9-6-8(17-2)3-4-10(9)12(15)16/h3-4,6,11,14H,5H2,1-2H3. The number of methoxy groups -OCH3 is 1. The number of nitro benzene ring substituents is 1. The Balaban J connectivity index is 3.16. The van der Waals surface area contributed by atoms with Gasteiger partial charge in [0, 0.05) is 12.5 Å². The first kappa shape index (κ1) is 13.1. The van der Waals surface area contributed by atoms with Crippen LogP contribution in [0.15, 0.2) is 18.2 Å². The molecule has 1 rings (SSSR count). The highest BCUT2D eigenvalue weighted by Crippen LogP contribution is 2.30. The molecule has 0 saturated carbocycles. The van der Waals surface area contributed by atoms with Crippen molar-refractivity contribution in [1.82, 2.24) is 0 Å². The molecule has 0 aromatic heterocycles. The summed E-state index contributed by atoms with van der Waals surface area (Å²) in [6.45, 7) is 1.31. The van der Waals surface area contributed by atoms with E-state index in [1.807, 2.05) is 0 Å². The van der Waals surface area contributed by atoms with Gasteiger partial charge in [-0.1, -0.05) is 0 Å². The number of benzene rings is 1. The second kappa shape index (κ2) is 5.40. The lowest BCUT2D eigenvalue weighted by atomic mass is 10.0. The van der Waals surface area contributed by atoms with Gasteiger partial charge in [0.15, 0.2) is 0 Å². The predicted octanol–water partition coefficient (Wildman–Crippen LogP) is 1.62. The molecule has 0 fully saturated rings. The summed E-state index contributed by atoms with van der Waals surface area (Å²) in [5.41, 5.74) is -0.135. The van der Waals surface area contributed by atoms with Crippen molar-refractivity contribution < 1.29 is 19.6 Å². The fourth-order valence-electron chi connectivity index (χ4n) is 1.47. The number of rotatable bonds is 5. The largest absolute Gasteiger partial charge is 0.497 e. The van der Waals surface area contributed by atoms with Crippen LogP contribution in [0.4, 0.5) is 5.69 Å². The van der Waals surface area contributed by atoms with E-state index in [2.05, 4.69) is 0 Å². The van der Waals surface area contributed by atoms with E-state index in [1.54, 1.807) is 0 Å². The number of hydrogen-bond acceptors (Lipinski definition) is 5. The van der Waals surface area contributed by atoms with Crippen LogP contribution < -0.4 is 4.74 Å². The van der Waals surface area contributed by atoms with Crippen LogP contribution in [-0.4, -0.2) is 22.9 Å². The lowest BCUT2D eigenvalue weighted by molar-refractivity contribution is -0.386. The molecule has 0 radical (unpaired) electrons. The van der Waals surface area contributed by atoms with Gasteiger partial charge in [0.05, 0.1) is 23.7 Å². The predicted molar refractivity (Wildman–Crippen MR) is 59.9 cm³/mol. The zero-order chi connectivity index (χ0) is 13.0. The molecule has 0 spiro atoms. The van der Waals surface area contributed by atoms with E-state index in [4.69, 9.17) is 4.74 Å². The molecule has 0 heterocycles. The van der Waals surface area contributed by atoms with Gasteiger partial charge in [-0.05, 0) is 19.1 Å². The lowest BCUT2D eigenvalue weighted by Crippen LogP contribution is -2.06.